The van der Waals surface area contributed by atoms with E-state index in [4.69, 9.17) is 5.73 Å². The molecule has 1 aliphatic carbocycles. The van der Waals surface area contributed by atoms with E-state index in [2.05, 4.69) is 34.6 Å². The van der Waals surface area contributed by atoms with E-state index in [1.807, 2.05) is 11.8 Å². The average molecular weight is 290 g/mol. The van der Waals surface area contributed by atoms with Crippen molar-refractivity contribution in [2.75, 3.05) is 12.0 Å². The summed E-state index contributed by atoms with van der Waals surface area (Å²) in [7, 11) is 0. The van der Waals surface area contributed by atoms with Crippen molar-refractivity contribution < 1.29 is 0 Å². The van der Waals surface area contributed by atoms with Crippen LogP contribution < -0.4 is 5.73 Å². The molecular formula is C15H22N4S. The molecule has 0 radical (unpaired) electrons. The van der Waals surface area contributed by atoms with E-state index in [1.54, 1.807) is 6.33 Å². The fourth-order valence-electron chi connectivity index (χ4n) is 3.42. The van der Waals surface area contributed by atoms with Crippen molar-refractivity contribution >= 4 is 28.6 Å². The number of fused-ring (bicyclic) bond motifs is 1. The smallest absolute Gasteiger partial charge is 0.145 e. The summed E-state index contributed by atoms with van der Waals surface area (Å²) in [6.07, 6.45) is 9.10. The average Bonchev–Trinajstić information content (AvgIpc) is 3.00. The molecule has 0 bridgehead atoms. The van der Waals surface area contributed by atoms with E-state index in [0.29, 0.717) is 10.6 Å². The number of nitrogens with zero attached hydrogens (tertiary/aromatic N) is 3. The van der Waals surface area contributed by atoms with Crippen molar-refractivity contribution in [2.24, 2.45) is 0 Å². The van der Waals surface area contributed by atoms with Crippen molar-refractivity contribution in [1.29, 1.82) is 0 Å². The van der Waals surface area contributed by atoms with Crippen molar-refractivity contribution in [2.45, 2.75) is 50.8 Å². The van der Waals surface area contributed by atoms with Gasteiger partial charge in [-0.1, -0.05) is 12.8 Å². The van der Waals surface area contributed by atoms with E-state index < -0.39 is 0 Å². The van der Waals surface area contributed by atoms with Gasteiger partial charge in [0.1, 0.15) is 17.8 Å². The highest BCUT2D eigenvalue weighted by atomic mass is 32.2. The van der Waals surface area contributed by atoms with Gasteiger partial charge in [0.25, 0.3) is 0 Å². The Kier molecular flexibility index (Phi) is 3.40. The molecule has 1 saturated carbocycles. The van der Waals surface area contributed by atoms with Crippen molar-refractivity contribution in [3.63, 3.8) is 0 Å². The van der Waals surface area contributed by atoms with Gasteiger partial charge in [-0.2, -0.15) is 11.8 Å². The molecule has 0 saturated heterocycles. The first-order valence-electron chi connectivity index (χ1n) is 7.19. The van der Waals surface area contributed by atoms with Crippen LogP contribution in [0.2, 0.25) is 0 Å². The number of rotatable bonds is 3. The molecule has 0 amide bonds. The molecule has 1 aliphatic rings. The summed E-state index contributed by atoms with van der Waals surface area (Å²) in [5.74, 6) is 0.596. The number of aryl methyl sites for hydroxylation is 1. The molecule has 0 aliphatic heterocycles. The molecule has 2 N–H and O–H groups in total. The van der Waals surface area contributed by atoms with Crippen molar-refractivity contribution in [3.8, 4) is 0 Å². The highest BCUT2D eigenvalue weighted by Gasteiger charge is 2.34. The summed E-state index contributed by atoms with van der Waals surface area (Å²) in [5, 5.41) is 1.03. The zero-order valence-corrected chi connectivity index (χ0v) is 13.3. The Morgan fingerprint density at radius 2 is 2.00 bits per heavy atom. The minimum atomic E-state index is 0.364. The normalized spacial score (nSPS) is 17.9. The van der Waals surface area contributed by atoms with Crippen LogP contribution in [0.4, 0.5) is 5.82 Å². The number of thioether (sulfide) groups is 1. The summed E-state index contributed by atoms with van der Waals surface area (Å²) >= 11 is 2.01. The number of hydrogen-bond acceptors (Lipinski definition) is 4. The standard InChI is InChI=1S/C15H22N4S/c1-10-11(2)19(8-15(20-3)6-4-5-7-15)14-12(10)13(16)17-9-18-14/h9H,4-8H2,1-3H3,(H2,16,17,18). The Labute approximate surface area is 124 Å². The van der Waals surface area contributed by atoms with Gasteiger partial charge in [0, 0.05) is 17.0 Å². The molecule has 20 heavy (non-hydrogen) atoms. The van der Waals surface area contributed by atoms with Crippen molar-refractivity contribution in [1.82, 2.24) is 14.5 Å². The quantitative estimate of drug-likeness (QED) is 0.942. The van der Waals surface area contributed by atoms with E-state index >= 15 is 0 Å². The van der Waals surface area contributed by atoms with E-state index in [9.17, 15) is 0 Å². The van der Waals surface area contributed by atoms with Gasteiger partial charge in [0.05, 0.1) is 5.39 Å². The fraction of sp³-hybridized carbons (Fsp3) is 0.600. The van der Waals surface area contributed by atoms with Crippen LogP contribution in [0.3, 0.4) is 0 Å². The summed E-state index contributed by atoms with van der Waals surface area (Å²) in [6, 6.07) is 0. The van der Waals surface area contributed by atoms with E-state index in [1.165, 1.54) is 36.9 Å². The fourth-order valence-corrected chi connectivity index (χ4v) is 4.38. The monoisotopic (exact) mass is 290 g/mol. The molecule has 0 unspecified atom stereocenters. The minimum Gasteiger partial charge on any atom is -0.383 e. The molecule has 2 heterocycles. The lowest BCUT2D eigenvalue weighted by atomic mass is 10.1. The SMILES string of the molecule is CSC1(Cn2c(C)c(C)c3c(N)ncnc32)CCCC1. The maximum atomic E-state index is 6.04. The number of nitrogens with two attached hydrogens (primary N) is 1. The van der Waals surface area contributed by atoms with Crippen LogP contribution >= 0.6 is 11.8 Å². The third kappa shape index (κ3) is 1.99. The van der Waals surface area contributed by atoms with Gasteiger partial charge in [-0.3, -0.25) is 0 Å². The molecule has 5 heteroatoms. The van der Waals surface area contributed by atoms with Crippen LogP contribution in [0, 0.1) is 13.8 Å². The van der Waals surface area contributed by atoms with Crippen LogP contribution in [0.5, 0.6) is 0 Å². The second-order valence-electron chi connectivity index (χ2n) is 5.85. The summed E-state index contributed by atoms with van der Waals surface area (Å²) in [5.41, 5.74) is 9.52. The second kappa shape index (κ2) is 4.95. The maximum Gasteiger partial charge on any atom is 0.145 e. The third-order valence-electron chi connectivity index (χ3n) is 4.83. The lowest BCUT2D eigenvalue weighted by molar-refractivity contribution is 0.507. The van der Waals surface area contributed by atoms with Gasteiger partial charge in [-0.15, -0.1) is 0 Å². The van der Waals surface area contributed by atoms with Crippen LogP contribution in [-0.4, -0.2) is 25.5 Å². The largest absolute Gasteiger partial charge is 0.383 e. The summed E-state index contributed by atoms with van der Waals surface area (Å²) in [4.78, 5) is 8.63. The molecule has 0 aromatic carbocycles. The van der Waals surface area contributed by atoms with Crippen molar-refractivity contribution in [3.05, 3.63) is 17.6 Å². The Bertz CT molecular complexity index is 641. The van der Waals surface area contributed by atoms with E-state index in [-0.39, 0.29) is 0 Å². The predicted molar refractivity (Wildman–Crippen MR) is 86.1 cm³/mol. The Hall–Kier alpha value is -1.23. The van der Waals surface area contributed by atoms with Crippen LogP contribution in [-0.2, 0) is 6.54 Å². The Morgan fingerprint density at radius 1 is 1.30 bits per heavy atom. The van der Waals surface area contributed by atoms with Crippen LogP contribution in [0.25, 0.3) is 11.0 Å². The second-order valence-corrected chi connectivity index (χ2v) is 7.12. The molecule has 2 aromatic heterocycles. The third-order valence-corrected chi connectivity index (χ3v) is 6.23. The minimum absolute atomic E-state index is 0.364. The lowest BCUT2D eigenvalue weighted by Crippen LogP contribution is -2.27. The molecule has 0 spiro atoms. The Morgan fingerprint density at radius 3 is 2.65 bits per heavy atom. The first-order chi connectivity index (χ1) is 9.58. The number of aromatic nitrogens is 3. The highest BCUT2D eigenvalue weighted by molar-refractivity contribution is 8.00. The number of nitrogen functional groups attached to an aromatic ring is 1. The topological polar surface area (TPSA) is 56.7 Å². The first kappa shape index (κ1) is 13.7. The predicted octanol–water partition coefficient (Wildman–Crippen LogP) is 3.31. The number of hydrogen-bond donors (Lipinski definition) is 1. The summed E-state index contributed by atoms with van der Waals surface area (Å²) in [6.45, 7) is 5.31. The molecule has 1 fully saturated rings. The highest BCUT2D eigenvalue weighted by Crippen LogP contribution is 2.42. The molecule has 4 nitrogen and oxygen atoms in total. The lowest BCUT2D eigenvalue weighted by Gasteiger charge is -2.28. The molecule has 108 valence electrons. The van der Waals surface area contributed by atoms with E-state index in [0.717, 1.165) is 17.6 Å². The van der Waals surface area contributed by atoms with Gasteiger partial charge in [-0.25, -0.2) is 9.97 Å². The summed E-state index contributed by atoms with van der Waals surface area (Å²) < 4.78 is 2.72. The van der Waals surface area contributed by atoms with Crippen LogP contribution in [0.15, 0.2) is 6.33 Å². The van der Waals surface area contributed by atoms with Gasteiger partial charge < -0.3 is 10.3 Å². The first-order valence-corrected chi connectivity index (χ1v) is 8.41. The molecule has 0 atom stereocenters. The number of anilines is 1. The zero-order valence-electron chi connectivity index (χ0n) is 12.4. The maximum absolute atomic E-state index is 6.04. The molecule has 3 rings (SSSR count). The zero-order chi connectivity index (χ0) is 14.3. The van der Waals surface area contributed by atoms with Gasteiger partial charge in [-0.05, 0) is 38.5 Å². The Balaban J connectivity index is 2.12. The van der Waals surface area contributed by atoms with Gasteiger partial charge in [0.15, 0.2) is 0 Å². The molecular weight excluding hydrogens is 268 g/mol. The van der Waals surface area contributed by atoms with Gasteiger partial charge >= 0.3 is 0 Å². The van der Waals surface area contributed by atoms with Crippen LogP contribution in [0.1, 0.15) is 36.9 Å². The van der Waals surface area contributed by atoms with Gasteiger partial charge in [0.2, 0.25) is 0 Å². The molecule has 2 aromatic rings.